The van der Waals surface area contributed by atoms with Crippen molar-refractivity contribution in [1.82, 2.24) is 15.3 Å². The van der Waals surface area contributed by atoms with E-state index in [4.69, 9.17) is 27.5 Å². The molecule has 1 aliphatic carbocycles. The van der Waals surface area contributed by atoms with Crippen molar-refractivity contribution in [2.24, 2.45) is 0 Å². The molecule has 0 spiro atoms. The number of ether oxygens (including phenoxy) is 1. The Kier molecular flexibility index (Phi) is 7.02. The third kappa shape index (κ3) is 5.98. The highest BCUT2D eigenvalue weighted by Gasteiger charge is 2.26. The van der Waals surface area contributed by atoms with Crippen LogP contribution in [0, 0.1) is 11.2 Å². The van der Waals surface area contributed by atoms with E-state index in [1.54, 1.807) is 0 Å². The van der Waals surface area contributed by atoms with E-state index in [1.165, 1.54) is 48.9 Å². The second-order valence-electron chi connectivity index (χ2n) is 7.66. The van der Waals surface area contributed by atoms with E-state index < -0.39 is 23.2 Å². The monoisotopic (exact) mass is 494 g/mol. The molecule has 9 nitrogen and oxygen atoms in total. The van der Waals surface area contributed by atoms with Crippen molar-refractivity contribution in [3.63, 3.8) is 0 Å². The summed E-state index contributed by atoms with van der Waals surface area (Å²) in [7, 11) is 0. The molecule has 1 fully saturated rings. The Labute approximate surface area is 204 Å². The predicted molar refractivity (Wildman–Crippen MR) is 129 cm³/mol. The van der Waals surface area contributed by atoms with Gasteiger partial charge in [0.05, 0.1) is 11.9 Å². The van der Waals surface area contributed by atoms with E-state index >= 15 is 0 Å². The number of nitrogen functional groups attached to an aromatic ring is 1. The molecule has 5 N–H and O–H groups in total. The summed E-state index contributed by atoms with van der Waals surface area (Å²) in [5.41, 5.74) is 5.45. The largest absolute Gasteiger partial charge is 0.437 e. The van der Waals surface area contributed by atoms with Crippen LogP contribution in [0.15, 0.2) is 66.6 Å². The fourth-order valence-corrected chi connectivity index (χ4v) is 3.06. The molecule has 0 unspecified atom stereocenters. The van der Waals surface area contributed by atoms with Gasteiger partial charge >= 0.3 is 0 Å². The number of hydrogen-bond donors (Lipinski definition) is 4. The number of Topliss-reactive ketones (excluding diaryl/α,β-unsaturated/α-hetero) is 1. The molecule has 2 heterocycles. The Bertz CT molecular complexity index is 1310. The molecule has 11 heteroatoms. The number of aromatic nitrogens is 2. The molecule has 1 aromatic carbocycles. The number of anilines is 2. The number of pyridine rings is 2. The average Bonchev–Trinajstić information content (AvgIpc) is 3.68. The highest BCUT2D eigenvalue weighted by Crippen LogP contribution is 2.31. The third-order valence-corrected chi connectivity index (χ3v) is 5.36. The smallest absolute Gasteiger partial charge is 0.261 e. The first-order valence-corrected chi connectivity index (χ1v) is 10.9. The van der Waals surface area contributed by atoms with E-state index in [0.717, 1.165) is 25.0 Å². The molecule has 4 rings (SSSR count). The highest BCUT2D eigenvalue weighted by molar-refractivity contribution is 6.55. The molecule has 1 amide bonds. The summed E-state index contributed by atoms with van der Waals surface area (Å²) in [4.78, 5) is 33.9. The minimum atomic E-state index is -0.805. The molecule has 0 bridgehead atoms. The van der Waals surface area contributed by atoms with Gasteiger partial charge in [-0.1, -0.05) is 11.6 Å². The van der Waals surface area contributed by atoms with Crippen LogP contribution in [0.25, 0.3) is 0 Å². The van der Waals surface area contributed by atoms with E-state index in [0.29, 0.717) is 5.69 Å². The van der Waals surface area contributed by atoms with Crippen molar-refractivity contribution in [2.75, 3.05) is 11.1 Å². The van der Waals surface area contributed by atoms with Crippen molar-refractivity contribution in [2.45, 2.75) is 18.9 Å². The Balaban J connectivity index is 1.48. The number of nitrogens with one attached hydrogen (secondary N) is 3. The first kappa shape index (κ1) is 23.8. The van der Waals surface area contributed by atoms with E-state index in [1.807, 2.05) is 0 Å². The Hall–Kier alpha value is -4.31. The van der Waals surface area contributed by atoms with Gasteiger partial charge in [-0.2, -0.15) is 0 Å². The average molecular weight is 495 g/mol. The number of nitrogens with zero attached hydrogens (tertiary/aromatic N) is 2. The lowest BCUT2D eigenvalue weighted by Gasteiger charge is -2.11. The maximum absolute atomic E-state index is 13.2. The van der Waals surface area contributed by atoms with Gasteiger partial charge in [-0.15, -0.1) is 0 Å². The van der Waals surface area contributed by atoms with Gasteiger partial charge in [0.25, 0.3) is 5.91 Å². The Morgan fingerprint density at radius 3 is 2.54 bits per heavy atom. The van der Waals surface area contributed by atoms with Crippen LogP contribution in [0.4, 0.5) is 15.9 Å². The first-order chi connectivity index (χ1) is 16.8. The van der Waals surface area contributed by atoms with Gasteiger partial charge in [0, 0.05) is 36.1 Å². The normalized spacial score (nSPS) is 13.1. The standard InChI is InChI=1S/C24H20ClFN6O3/c25-20-18(9-10-29-23(20)28)35-19-8-7-16(11-31-19)32-24(34)17(12-30-15-5-6-15)22(33)21(27)13-1-3-14(26)4-2-13/h1-4,7-12,15,27,30H,5-6H2,(H2,28,29)(H,32,34)/b17-12+,27-21?. The summed E-state index contributed by atoms with van der Waals surface area (Å²) in [6, 6.07) is 9.64. The first-order valence-electron chi connectivity index (χ1n) is 10.5. The second kappa shape index (κ2) is 10.3. The van der Waals surface area contributed by atoms with Crippen LogP contribution in [0.5, 0.6) is 11.6 Å². The minimum Gasteiger partial charge on any atom is -0.437 e. The van der Waals surface area contributed by atoms with E-state index in [9.17, 15) is 14.0 Å². The van der Waals surface area contributed by atoms with Gasteiger partial charge < -0.3 is 21.1 Å². The van der Waals surface area contributed by atoms with Crippen molar-refractivity contribution in [3.05, 3.63) is 83.0 Å². The third-order valence-electron chi connectivity index (χ3n) is 4.98. The number of rotatable bonds is 9. The highest BCUT2D eigenvalue weighted by atomic mass is 35.5. The minimum absolute atomic E-state index is 0.114. The summed E-state index contributed by atoms with van der Waals surface area (Å²) in [5.74, 6) is -1.45. The van der Waals surface area contributed by atoms with Gasteiger partial charge in [0.2, 0.25) is 11.7 Å². The summed E-state index contributed by atoms with van der Waals surface area (Å²) in [6.45, 7) is 0. The molecular formula is C24H20ClFN6O3. The van der Waals surface area contributed by atoms with Gasteiger partial charge in [-0.05, 0) is 43.2 Å². The number of amides is 1. The van der Waals surface area contributed by atoms with Crippen LogP contribution in [0.1, 0.15) is 18.4 Å². The molecule has 35 heavy (non-hydrogen) atoms. The topological polar surface area (TPSA) is 143 Å². The van der Waals surface area contributed by atoms with Crippen LogP contribution in [0.2, 0.25) is 5.02 Å². The number of hydrogen-bond acceptors (Lipinski definition) is 8. The zero-order valence-electron chi connectivity index (χ0n) is 18.2. The van der Waals surface area contributed by atoms with Gasteiger partial charge in [-0.3, -0.25) is 15.0 Å². The molecule has 0 aliphatic heterocycles. The maximum atomic E-state index is 13.2. The van der Waals surface area contributed by atoms with Crippen molar-refractivity contribution < 1.29 is 18.7 Å². The van der Waals surface area contributed by atoms with Crippen LogP contribution >= 0.6 is 11.6 Å². The molecule has 3 aromatic rings. The van der Waals surface area contributed by atoms with Crippen LogP contribution in [-0.4, -0.2) is 33.4 Å². The molecule has 0 radical (unpaired) electrons. The molecule has 0 saturated heterocycles. The molecule has 1 saturated carbocycles. The SMILES string of the molecule is N=C(C(=O)/C(=C\NC1CC1)C(=O)Nc1ccc(Oc2ccnc(N)c2Cl)nc1)c1ccc(F)cc1. The zero-order valence-corrected chi connectivity index (χ0v) is 19.0. The van der Waals surface area contributed by atoms with Crippen LogP contribution in [-0.2, 0) is 9.59 Å². The second-order valence-corrected chi connectivity index (χ2v) is 8.04. The summed E-state index contributed by atoms with van der Waals surface area (Å²) >= 11 is 6.06. The van der Waals surface area contributed by atoms with Crippen LogP contribution < -0.4 is 21.1 Å². The Morgan fingerprint density at radius 1 is 1.14 bits per heavy atom. The fourth-order valence-electron chi connectivity index (χ4n) is 2.91. The summed E-state index contributed by atoms with van der Waals surface area (Å²) < 4.78 is 18.8. The quantitative estimate of drug-likeness (QED) is 0.153. The van der Waals surface area contributed by atoms with Gasteiger partial charge in [0.1, 0.15) is 27.9 Å². The van der Waals surface area contributed by atoms with E-state index in [-0.39, 0.29) is 39.6 Å². The summed E-state index contributed by atoms with van der Waals surface area (Å²) in [6.07, 6.45) is 5.94. The number of halogens is 2. The van der Waals surface area contributed by atoms with Gasteiger partial charge in [-0.25, -0.2) is 14.4 Å². The molecule has 0 atom stereocenters. The Morgan fingerprint density at radius 2 is 1.89 bits per heavy atom. The number of ketones is 1. The molecule has 1 aliphatic rings. The number of carbonyl (C=O) groups is 2. The lowest BCUT2D eigenvalue weighted by Crippen LogP contribution is -2.28. The summed E-state index contributed by atoms with van der Waals surface area (Å²) in [5, 5.41) is 13.9. The lowest BCUT2D eigenvalue weighted by atomic mass is 10.0. The van der Waals surface area contributed by atoms with Crippen molar-refractivity contribution >= 4 is 40.5 Å². The molecular weight excluding hydrogens is 475 g/mol. The number of nitrogens with two attached hydrogens (primary N) is 1. The maximum Gasteiger partial charge on any atom is 0.261 e. The molecule has 2 aromatic heterocycles. The van der Waals surface area contributed by atoms with Crippen LogP contribution in [0.3, 0.4) is 0 Å². The van der Waals surface area contributed by atoms with Crippen molar-refractivity contribution in [1.29, 1.82) is 5.41 Å². The number of benzene rings is 1. The van der Waals surface area contributed by atoms with Crippen molar-refractivity contribution in [3.8, 4) is 11.6 Å². The lowest BCUT2D eigenvalue weighted by molar-refractivity contribution is -0.117. The zero-order chi connectivity index (χ0) is 24.9. The van der Waals surface area contributed by atoms with E-state index in [2.05, 4.69) is 20.6 Å². The predicted octanol–water partition coefficient (Wildman–Crippen LogP) is 3.86. The van der Waals surface area contributed by atoms with Gasteiger partial charge in [0.15, 0.2) is 5.75 Å². The fraction of sp³-hybridized carbons (Fsp3) is 0.125. The molecule has 178 valence electrons. The number of carbonyl (C=O) groups excluding carboxylic acids is 2.